The molecule has 0 unspecified atom stereocenters. The average molecular weight is 401 g/mol. The van der Waals surface area contributed by atoms with Crippen molar-refractivity contribution < 1.29 is 18.0 Å². The first-order chi connectivity index (χ1) is 13.7. The van der Waals surface area contributed by atoms with E-state index in [-0.39, 0.29) is 23.1 Å². The number of rotatable bonds is 5. The van der Waals surface area contributed by atoms with Crippen LogP contribution < -0.4 is 4.90 Å². The molecule has 2 aromatic heterocycles. The Kier molecular flexibility index (Phi) is 4.60. The van der Waals surface area contributed by atoms with Crippen LogP contribution in [-0.4, -0.2) is 44.5 Å². The minimum Gasteiger partial charge on any atom is -0.342 e. The molecule has 0 N–H and O–H groups in total. The normalized spacial score (nSPS) is 15.3. The summed E-state index contributed by atoms with van der Waals surface area (Å²) in [4.78, 5) is 21.3. The summed E-state index contributed by atoms with van der Waals surface area (Å²) >= 11 is 0. The predicted octanol–water partition coefficient (Wildman–Crippen LogP) is 3.49. The molecule has 1 aliphatic rings. The van der Waals surface area contributed by atoms with Gasteiger partial charge in [0, 0.05) is 6.92 Å². The molecular weight excluding hydrogens is 383 g/mol. The van der Waals surface area contributed by atoms with E-state index in [4.69, 9.17) is 0 Å². The Labute approximate surface area is 165 Å². The fourth-order valence-corrected chi connectivity index (χ4v) is 3.24. The number of carbonyl (C=O) groups is 1. The Bertz CT molecular complexity index is 1090. The molecule has 0 bridgehead atoms. The van der Waals surface area contributed by atoms with Crippen molar-refractivity contribution >= 4 is 11.6 Å². The number of anilines is 1. The maximum atomic E-state index is 14.1. The third-order valence-corrected chi connectivity index (χ3v) is 4.82. The lowest BCUT2D eigenvalue weighted by atomic mass is 10.1. The van der Waals surface area contributed by atoms with E-state index in [1.54, 1.807) is 4.68 Å². The summed E-state index contributed by atoms with van der Waals surface area (Å²) in [6.45, 7) is 2.56. The third-order valence-electron chi connectivity index (χ3n) is 4.82. The van der Waals surface area contributed by atoms with Crippen LogP contribution in [0.5, 0.6) is 0 Å². The standard InChI is InChI=1S/C20H18F3N5O/c1-12-5-3-4-6-14(12)9-28-17(13(2)29)7-16(26-28)18-24-8-15(21)19(25-18)27-10-20(22,23)11-27/h3-8H,9-11H2,1-2H3. The summed E-state index contributed by atoms with van der Waals surface area (Å²) in [5.41, 5.74) is 2.68. The fraction of sp³-hybridized carbons (Fsp3) is 0.300. The summed E-state index contributed by atoms with van der Waals surface area (Å²) in [5.74, 6) is -3.95. The number of carbonyl (C=O) groups excluding carboxylic acids is 1. The van der Waals surface area contributed by atoms with Crippen LogP contribution in [0.4, 0.5) is 19.0 Å². The molecule has 0 spiro atoms. The highest BCUT2D eigenvalue weighted by atomic mass is 19.3. The average Bonchev–Trinajstić information content (AvgIpc) is 3.06. The quantitative estimate of drug-likeness (QED) is 0.613. The van der Waals surface area contributed by atoms with Gasteiger partial charge in [0.2, 0.25) is 0 Å². The molecule has 1 aromatic carbocycles. The minimum absolute atomic E-state index is 0.0719. The smallest absolute Gasteiger partial charge is 0.282 e. The van der Waals surface area contributed by atoms with E-state index in [2.05, 4.69) is 15.1 Å². The van der Waals surface area contributed by atoms with Gasteiger partial charge in [0.1, 0.15) is 11.4 Å². The first kappa shape index (κ1) is 19.1. The van der Waals surface area contributed by atoms with E-state index in [1.807, 2.05) is 31.2 Å². The Balaban J connectivity index is 1.69. The number of nitrogens with zero attached hydrogens (tertiary/aromatic N) is 5. The summed E-state index contributed by atoms with van der Waals surface area (Å²) in [5, 5.41) is 4.42. The molecule has 0 radical (unpaired) electrons. The summed E-state index contributed by atoms with van der Waals surface area (Å²) < 4.78 is 41.9. The molecule has 3 heterocycles. The van der Waals surface area contributed by atoms with Crippen LogP contribution in [0, 0.1) is 12.7 Å². The van der Waals surface area contributed by atoms with Crippen molar-refractivity contribution in [3.05, 3.63) is 59.2 Å². The van der Waals surface area contributed by atoms with Crippen molar-refractivity contribution in [3.8, 4) is 11.5 Å². The first-order valence-electron chi connectivity index (χ1n) is 9.02. The lowest BCUT2D eigenvalue weighted by molar-refractivity contribution is -0.0270. The van der Waals surface area contributed by atoms with E-state index < -0.39 is 24.8 Å². The lowest BCUT2D eigenvalue weighted by Crippen LogP contribution is -2.57. The van der Waals surface area contributed by atoms with Crippen LogP contribution >= 0.6 is 0 Å². The number of alkyl halides is 2. The van der Waals surface area contributed by atoms with Gasteiger partial charge >= 0.3 is 0 Å². The molecule has 150 valence electrons. The van der Waals surface area contributed by atoms with Gasteiger partial charge in [0.15, 0.2) is 23.2 Å². The molecule has 0 amide bonds. The van der Waals surface area contributed by atoms with E-state index >= 15 is 0 Å². The molecule has 0 aliphatic carbocycles. The maximum Gasteiger partial charge on any atom is 0.282 e. The van der Waals surface area contributed by atoms with Gasteiger partial charge < -0.3 is 4.90 Å². The topological polar surface area (TPSA) is 63.9 Å². The largest absolute Gasteiger partial charge is 0.342 e. The van der Waals surface area contributed by atoms with Gasteiger partial charge in [-0.1, -0.05) is 24.3 Å². The van der Waals surface area contributed by atoms with Gasteiger partial charge in [-0.05, 0) is 24.1 Å². The van der Waals surface area contributed by atoms with Crippen LogP contribution in [0.3, 0.4) is 0 Å². The Morgan fingerprint density at radius 2 is 1.97 bits per heavy atom. The number of aromatic nitrogens is 4. The number of Topliss-reactive ketones (excluding diaryl/α,β-unsaturated/α-hetero) is 1. The van der Waals surface area contributed by atoms with Crippen LogP contribution in [0.15, 0.2) is 36.5 Å². The van der Waals surface area contributed by atoms with E-state index in [9.17, 15) is 18.0 Å². The molecule has 9 heteroatoms. The third kappa shape index (κ3) is 3.72. The molecule has 4 rings (SSSR count). The van der Waals surface area contributed by atoms with Gasteiger partial charge in [0.05, 0.1) is 25.8 Å². The molecule has 0 atom stereocenters. The minimum atomic E-state index is -2.85. The van der Waals surface area contributed by atoms with Gasteiger partial charge in [-0.2, -0.15) is 5.10 Å². The molecule has 29 heavy (non-hydrogen) atoms. The Hall–Kier alpha value is -3.23. The van der Waals surface area contributed by atoms with E-state index in [1.165, 1.54) is 13.0 Å². The Morgan fingerprint density at radius 1 is 1.24 bits per heavy atom. The molecule has 1 saturated heterocycles. The van der Waals surface area contributed by atoms with Crippen LogP contribution in [0.2, 0.25) is 0 Å². The summed E-state index contributed by atoms with van der Waals surface area (Å²) in [6.07, 6.45) is 0.932. The number of ketones is 1. The van der Waals surface area contributed by atoms with E-state index in [0.717, 1.165) is 22.2 Å². The number of hydrogen-bond acceptors (Lipinski definition) is 5. The number of aryl methyl sites for hydroxylation is 1. The van der Waals surface area contributed by atoms with Crippen molar-refractivity contribution in [3.63, 3.8) is 0 Å². The molecule has 6 nitrogen and oxygen atoms in total. The van der Waals surface area contributed by atoms with Crippen molar-refractivity contribution in [2.75, 3.05) is 18.0 Å². The van der Waals surface area contributed by atoms with Crippen molar-refractivity contribution in [1.82, 2.24) is 19.7 Å². The lowest BCUT2D eigenvalue weighted by Gasteiger charge is -2.39. The monoisotopic (exact) mass is 401 g/mol. The van der Waals surface area contributed by atoms with Crippen molar-refractivity contribution in [1.29, 1.82) is 0 Å². The van der Waals surface area contributed by atoms with Crippen molar-refractivity contribution in [2.45, 2.75) is 26.3 Å². The second-order valence-electron chi connectivity index (χ2n) is 7.13. The molecule has 0 saturated carbocycles. The highest BCUT2D eigenvalue weighted by Gasteiger charge is 2.45. The first-order valence-corrected chi connectivity index (χ1v) is 9.02. The molecule has 3 aromatic rings. The highest BCUT2D eigenvalue weighted by Crippen LogP contribution is 2.32. The van der Waals surface area contributed by atoms with Crippen LogP contribution in [-0.2, 0) is 6.54 Å². The zero-order valence-corrected chi connectivity index (χ0v) is 15.9. The van der Waals surface area contributed by atoms with Gasteiger partial charge in [-0.25, -0.2) is 23.1 Å². The van der Waals surface area contributed by atoms with Crippen LogP contribution in [0.25, 0.3) is 11.5 Å². The molecular formula is C20H18F3N5O. The highest BCUT2D eigenvalue weighted by molar-refractivity contribution is 5.93. The number of benzene rings is 1. The van der Waals surface area contributed by atoms with Gasteiger partial charge in [-0.3, -0.25) is 9.48 Å². The fourth-order valence-electron chi connectivity index (χ4n) is 3.24. The zero-order chi connectivity index (χ0) is 20.8. The molecule has 1 aliphatic heterocycles. The second kappa shape index (κ2) is 6.98. The van der Waals surface area contributed by atoms with E-state index in [0.29, 0.717) is 12.2 Å². The Morgan fingerprint density at radius 3 is 2.62 bits per heavy atom. The number of hydrogen-bond donors (Lipinski definition) is 0. The maximum absolute atomic E-state index is 14.1. The number of halogens is 3. The summed E-state index contributed by atoms with van der Waals surface area (Å²) in [6, 6.07) is 9.26. The molecule has 1 fully saturated rings. The second-order valence-corrected chi connectivity index (χ2v) is 7.13. The van der Waals surface area contributed by atoms with Gasteiger partial charge in [-0.15, -0.1) is 0 Å². The SMILES string of the molecule is CC(=O)c1cc(-c2ncc(F)c(N3CC(F)(F)C3)n2)nn1Cc1ccccc1C. The van der Waals surface area contributed by atoms with Crippen LogP contribution in [0.1, 0.15) is 28.5 Å². The predicted molar refractivity (Wildman–Crippen MR) is 101 cm³/mol. The zero-order valence-electron chi connectivity index (χ0n) is 15.9. The van der Waals surface area contributed by atoms with Gasteiger partial charge in [0.25, 0.3) is 5.92 Å². The van der Waals surface area contributed by atoms with Crippen molar-refractivity contribution in [2.24, 2.45) is 0 Å². The summed E-state index contributed by atoms with van der Waals surface area (Å²) in [7, 11) is 0.